The van der Waals surface area contributed by atoms with Gasteiger partial charge in [-0.2, -0.15) is 0 Å². The lowest BCUT2D eigenvalue weighted by molar-refractivity contribution is -0.120. The molecule has 2 heterocycles. The summed E-state index contributed by atoms with van der Waals surface area (Å²) in [6, 6.07) is 10.3. The Morgan fingerprint density at radius 2 is 1.94 bits per heavy atom. The second-order valence-corrected chi connectivity index (χ2v) is 8.19. The highest BCUT2D eigenvalue weighted by Crippen LogP contribution is 2.30. The zero-order chi connectivity index (χ0) is 21.6. The molecule has 0 aliphatic carbocycles. The van der Waals surface area contributed by atoms with Crippen LogP contribution in [-0.2, 0) is 9.53 Å². The molecule has 6 nitrogen and oxygen atoms in total. The summed E-state index contributed by atoms with van der Waals surface area (Å²) in [5, 5.41) is 0.440. The van der Waals surface area contributed by atoms with Crippen molar-refractivity contribution in [2.24, 2.45) is 0 Å². The molecule has 0 atom stereocenters. The van der Waals surface area contributed by atoms with Crippen molar-refractivity contribution in [2.45, 2.75) is 6.42 Å². The van der Waals surface area contributed by atoms with Gasteiger partial charge in [-0.05, 0) is 42.8 Å². The quantitative estimate of drug-likeness (QED) is 0.527. The first kappa shape index (κ1) is 21.6. The molecule has 1 fully saturated rings. The van der Waals surface area contributed by atoms with E-state index in [4.69, 9.17) is 9.47 Å². The maximum atomic E-state index is 14.1. The molecule has 0 radical (unpaired) electrons. The number of fused-ring (bicyclic) bond motifs is 1. The number of para-hydroxylation sites is 1. The first-order valence-electron chi connectivity index (χ1n) is 10.1. The topological polar surface area (TPSA) is 54.9 Å². The molecule has 1 saturated heterocycles. The van der Waals surface area contributed by atoms with E-state index in [0.717, 1.165) is 26.1 Å². The van der Waals surface area contributed by atoms with Crippen molar-refractivity contribution >= 4 is 32.6 Å². The Morgan fingerprint density at radius 1 is 1.16 bits per heavy atom. The molecule has 0 N–H and O–H groups in total. The van der Waals surface area contributed by atoms with Gasteiger partial charge in [0.05, 0.1) is 17.9 Å². The van der Waals surface area contributed by atoms with Gasteiger partial charge in [-0.15, -0.1) is 0 Å². The smallest absolute Gasteiger partial charge is 0.266 e. The number of halogens is 2. The number of morpholine rings is 1. The number of carbonyl (C=O) groups excluding carboxylic acids is 1. The fourth-order valence-electron chi connectivity index (χ4n) is 3.38. The zero-order valence-electron chi connectivity index (χ0n) is 16.9. The summed E-state index contributed by atoms with van der Waals surface area (Å²) in [5.74, 6) is -0.674. The molecule has 2 aromatic carbocycles. The van der Waals surface area contributed by atoms with Gasteiger partial charge in [-0.3, -0.25) is 14.6 Å². The van der Waals surface area contributed by atoms with Gasteiger partial charge >= 0.3 is 0 Å². The van der Waals surface area contributed by atoms with Crippen LogP contribution in [0.25, 0.3) is 10.2 Å². The molecule has 0 bridgehead atoms. The summed E-state index contributed by atoms with van der Waals surface area (Å²) in [5.41, 5.74) is 0.257. The van der Waals surface area contributed by atoms with Crippen molar-refractivity contribution in [3.8, 4) is 5.75 Å². The van der Waals surface area contributed by atoms with Crippen LogP contribution in [0, 0.1) is 11.6 Å². The first-order valence-corrected chi connectivity index (χ1v) is 11.0. The van der Waals surface area contributed by atoms with Gasteiger partial charge in [-0.1, -0.05) is 17.4 Å². The van der Waals surface area contributed by atoms with Crippen LogP contribution in [0.4, 0.5) is 13.9 Å². The molecular formula is C22H23F2N3O3S. The van der Waals surface area contributed by atoms with E-state index in [1.807, 2.05) is 0 Å². The molecule has 9 heteroatoms. The SMILES string of the molecule is O=C(COc1ccc(F)cc1)N(CCCN1CCOCC1)c1nc2c(F)cccc2s1. The summed E-state index contributed by atoms with van der Waals surface area (Å²) in [6.45, 7) is 4.20. The van der Waals surface area contributed by atoms with E-state index in [9.17, 15) is 13.6 Å². The van der Waals surface area contributed by atoms with Crippen LogP contribution in [0.3, 0.4) is 0 Å². The van der Waals surface area contributed by atoms with Gasteiger partial charge in [0, 0.05) is 26.2 Å². The minimum absolute atomic E-state index is 0.221. The lowest BCUT2D eigenvalue weighted by Crippen LogP contribution is -2.40. The number of rotatable bonds is 8. The minimum atomic E-state index is -0.414. The van der Waals surface area contributed by atoms with Crippen molar-refractivity contribution in [1.29, 1.82) is 0 Å². The van der Waals surface area contributed by atoms with Gasteiger partial charge in [0.2, 0.25) is 0 Å². The van der Waals surface area contributed by atoms with Crippen LogP contribution in [-0.4, -0.2) is 61.8 Å². The third kappa shape index (κ3) is 5.55. The molecule has 0 unspecified atom stereocenters. The van der Waals surface area contributed by atoms with E-state index < -0.39 is 5.82 Å². The van der Waals surface area contributed by atoms with Crippen LogP contribution in [0.5, 0.6) is 5.75 Å². The number of benzene rings is 2. The molecule has 4 rings (SSSR count). The Balaban J connectivity index is 1.47. The summed E-state index contributed by atoms with van der Waals surface area (Å²) >= 11 is 1.27. The molecule has 0 spiro atoms. The molecule has 1 aliphatic heterocycles. The van der Waals surface area contributed by atoms with Crippen LogP contribution in [0.1, 0.15) is 6.42 Å². The maximum Gasteiger partial charge on any atom is 0.266 e. The highest BCUT2D eigenvalue weighted by atomic mass is 32.1. The normalized spacial score (nSPS) is 14.6. The van der Waals surface area contributed by atoms with Crippen LogP contribution >= 0.6 is 11.3 Å². The number of hydrogen-bond donors (Lipinski definition) is 0. The summed E-state index contributed by atoms with van der Waals surface area (Å²) in [4.78, 5) is 21.2. The number of hydrogen-bond acceptors (Lipinski definition) is 6. The number of thiazole rings is 1. The molecule has 164 valence electrons. The van der Waals surface area contributed by atoms with Gasteiger partial charge in [0.1, 0.15) is 22.9 Å². The third-order valence-corrected chi connectivity index (χ3v) is 6.07. The first-order chi connectivity index (χ1) is 15.1. The van der Waals surface area contributed by atoms with Gasteiger partial charge < -0.3 is 9.47 Å². The number of ether oxygens (including phenoxy) is 2. The van der Waals surface area contributed by atoms with E-state index >= 15 is 0 Å². The van der Waals surface area contributed by atoms with Crippen LogP contribution < -0.4 is 9.64 Å². The standard InChI is InChI=1S/C22H23F2N3O3S/c23-16-5-7-17(8-6-16)30-15-20(28)27(10-2-9-26-11-13-29-14-12-26)22-25-21-18(24)3-1-4-19(21)31-22/h1,3-8H,2,9-15H2. The van der Waals surface area contributed by atoms with E-state index in [1.54, 1.807) is 17.0 Å². The minimum Gasteiger partial charge on any atom is -0.484 e. The van der Waals surface area contributed by atoms with E-state index in [-0.39, 0.29) is 23.8 Å². The molecular weight excluding hydrogens is 424 g/mol. The largest absolute Gasteiger partial charge is 0.484 e. The second kappa shape index (κ2) is 10.1. The second-order valence-electron chi connectivity index (χ2n) is 7.18. The third-order valence-electron chi connectivity index (χ3n) is 5.03. The van der Waals surface area contributed by atoms with E-state index in [1.165, 1.54) is 41.7 Å². The maximum absolute atomic E-state index is 14.1. The lowest BCUT2D eigenvalue weighted by atomic mass is 10.3. The monoisotopic (exact) mass is 447 g/mol. The zero-order valence-corrected chi connectivity index (χ0v) is 17.7. The van der Waals surface area contributed by atoms with Crippen molar-refractivity contribution < 1.29 is 23.0 Å². The summed E-state index contributed by atoms with van der Waals surface area (Å²) < 4.78 is 38.8. The molecule has 1 aromatic heterocycles. The average molecular weight is 448 g/mol. The average Bonchev–Trinajstić information content (AvgIpc) is 3.22. The van der Waals surface area contributed by atoms with Gasteiger partial charge in [0.25, 0.3) is 5.91 Å². The lowest BCUT2D eigenvalue weighted by Gasteiger charge is -2.27. The Kier molecular flexibility index (Phi) is 7.06. The summed E-state index contributed by atoms with van der Waals surface area (Å²) in [7, 11) is 0. The van der Waals surface area contributed by atoms with E-state index in [0.29, 0.717) is 35.3 Å². The highest BCUT2D eigenvalue weighted by Gasteiger charge is 2.22. The molecule has 3 aromatic rings. The predicted molar refractivity (Wildman–Crippen MR) is 116 cm³/mol. The van der Waals surface area contributed by atoms with Crippen LogP contribution in [0.15, 0.2) is 42.5 Å². The number of amides is 1. The van der Waals surface area contributed by atoms with Gasteiger partial charge in [0.15, 0.2) is 11.7 Å². The van der Waals surface area contributed by atoms with Crippen molar-refractivity contribution in [2.75, 3.05) is 50.9 Å². The molecule has 31 heavy (non-hydrogen) atoms. The Bertz CT molecular complexity index is 1020. The molecule has 0 saturated carbocycles. The fourth-order valence-corrected chi connectivity index (χ4v) is 4.40. The molecule has 1 aliphatic rings. The number of nitrogens with zero attached hydrogens (tertiary/aromatic N) is 3. The summed E-state index contributed by atoms with van der Waals surface area (Å²) in [6.07, 6.45) is 0.737. The van der Waals surface area contributed by atoms with Crippen molar-refractivity contribution in [1.82, 2.24) is 9.88 Å². The Hall–Kier alpha value is -2.62. The van der Waals surface area contributed by atoms with Crippen molar-refractivity contribution in [3.63, 3.8) is 0 Å². The number of carbonyl (C=O) groups is 1. The predicted octanol–water partition coefficient (Wildman–Crippen LogP) is 3.71. The molecule has 1 amide bonds. The highest BCUT2D eigenvalue weighted by molar-refractivity contribution is 7.22. The number of anilines is 1. The van der Waals surface area contributed by atoms with Crippen molar-refractivity contribution in [3.05, 3.63) is 54.1 Å². The Morgan fingerprint density at radius 3 is 2.68 bits per heavy atom. The Labute approximate surface area is 183 Å². The van der Waals surface area contributed by atoms with Crippen LogP contribution in [0.2, 0.25) is 0 Å². The van der Waals surface area contributed by atoms with E-state index in [2.05, 4.69) is 9.88 Å². The number of aromatic nitrogens is 1. The fraction of sp³-hybridized carbons (Fsp3) is 0.364. The van der Waals surface area contributed by atoms with Gasteiger partial charge in [-0.25, -0.2) is 13.8 Å².